The Bertz CT molecular complexity index is 933. The van der Waals surface area contributed by atoms with Crippen molar-refractivity contribution in [3.05, 3.63) is 82.8 Å². The predicted molar refractivity (Wildman–Crippen MR) is 104 cm³/mol. The molecule has 2 aromatic carbocycles. The molecule has 3 rings (SSSR count). The van der Waals surface area contributed by atoms with Gasteiger partial charge in [0.05, 0.1) is 16.2 Å². The molecular formula is C20H16N2O3S. The maximum Gasteiger partial charge on any atom is 0.335 e. The molecule has 1 N–H and O–H groups in total. The fraction of sp³-hybridized carbons (Fsp3) is 0.0500. The normalized spacial score (nSPS) is 17.6. The summed E-state index contributed by atoms with van der Waals surface area (Å²) in [5, 5.41) is 9.57. The zero-order chi connectivity index (χ0) is 18.5. The van der Waals surface area contributed by atoms with Gasteiger partial charge in [-0.15, -0.1) is 0 Å². The van der Waals surface area contributed by atoms with Crippen molar-refractivity contribution >= 4 is 40.6 Å². The van der Waals surface area contributed by atoms with Crippen LogP contribution in [0.2, 0.25) is 0 Å². The molecule has 5 nitrogen and oxygen atoms in total. The van der Waals surface area contributed by atoms with Gasteiger partial charge in [0.2, 0.25) is 0 Å². The van der Waals surface area contributed by atoms with Crippen LogP contribution in [0.4, 0.5) is 5.69 Å². The van der Waals surface area contributed by atoms with Crippen LogP contribution < -0.4 is 0 Å². The fourth-order valence-corrected chi connectivity index (χ4v) is 3.23. The number of nitrogens with zero attached hydrogens (tertiary/aromatic N) is 2. The van der Waals surface area contributed by atoms with Gasteiger partial charge in [-0.3, -0.25) is 9.69 Å². The zero-order valence-corrected chi connectivity index (χ0v) is 14.8. The number of carboxylic acids is 1. The number of likely N-dealkylation sites (N-methyl/N-ethyl adjacent to an activating group) is 1. The number of aromatic carboxylic acids is 1. The summed E-state index contributed by atoms with van der Waals surface area (Å²) in [7, 11) is 1.65. The molecule has 1 fully saturated rings. The van der Waals surface area contributed by atoms with Crippen LogP contribution in [0.15, 0.2) is 76.6 Å². The second-order valence-electron chi connectivity index (χ2n) is 5.52. The molecule has 0 atom stereocenters. The number of hydrogen-bond donors (Lipinski definition) is 1. The van der Waals surface area contributed by atoms with Crippen molar-refractivity contribution in [2.24, 2.45) is 4.99 Å². The van der Waals surface area contributed by atoms with Gasteiger partial charge in [-0.1, -0.05) is 48.6 Å². The average molecular weight is 364 g/mol. The highest BCUT2D eigenvalue weighted by Gasteiger charge is 2.29. The molecule has 1 aliphatic heterocycles. The molecule has 26 heavy (non-hydrogen) atoms. The lowest BCUT2D eigenvalue weighted by atomic mass is 10.2. The number of amides is 1. The summed E-state index contributed by atoms with van der Waals surface area (Å²) in [4.78, 5) is 29.8. The number of carboxylic acid groups (broad SMARTS) is 1. The first-order chi connectivity index (χ1) is 12.5. The predicted octanol–water partition coefficient (Wildman–Crippen LogP) is 4.17. The van der Waals surface area contributed by atoms with E-state index in [1.807, 2.05) is 42.5 Å². The summed E-state index contributed by atoms with van der Waals surface area (Å²) in [6.07, 6.45) is 5.51. The van der Waals surface area contributed by atoms with Gasteiger partial charge >= 0.3 is 5.97 Å². The van der Waals surface area contributed by atoms with Crippen LogP contribution in [-0.2, 0) is 4.79 Å². The molecule has 0 bridgehead atoms. The van der Waals surface area contributed by atoms with Crippen LogP contribution >= 0.6 is 11.8 Å². The Morgan fingerprint density at radius 1 is 1.15 bits per heavy atom. The monoisotopic (exact) mass is 364 g/mol. The van der Waals surface area contributed by atoms with Crippen molar-refractivity contribution in [2.45, 2.75) is 0 Å². The van der Waals surface area contributed by atoms with Gasteiger partial charge in [0, 0.05) is 7.05 Å². The third kappa shape index (κ3) is 4.10. The molecule has 6 heteroatoms. The van der Waals surface area contributed by atoms with E-state index >= 15 is 0 Å². The van der Waals surface area contributed by atoms with E-state index < -0.39 is 5.97 Å². The molecule has 2 aromatic rings. The molecule has 1 heterocycles. The Labute approximate surface area is 155 Å². The minimum Gasteiger partial charge on any atom is -0.478 e. The first-order valence-corrected chi connectivity index (χ1v) is 8.67. The topological polar surface area (TPSA) is 70.0 Å². The Morgan fingerprint density at radius 3 is 2.65 bits per heavy atom. The Kier molecular flexibility index (Phi) is 5.34. The van der Waals surface area contributed by atoms with Crippen molar-refractivity contribution in [2.75, 3.05) is 7.05 Å². The van der Waals surface area contributed by atoms with E-state index in [9.17, 15) is 9.59 Å². The number of benzene rings is 2. The summed E-state index contributed by atoms with van der Waals surface area (Å²) in [5.41, 5.74) is 1.70. The molecule has 1 saturated heterocycles. The first kappa shape index (κ1) is 17.7. The number of carbonyl (C=O) groups is 2. The summed E-state index contributed by atoms with van der Waals surface area (Å²) < 4.78 is 0. The molecule has 0 radical (unpaired) electrons. The lowest BCUT2D eigenvalue weighted by Crippen LogP contribution is -2.23. The van der Waals surface area contributed by atoms with Crippen molar-refractivity contribution in [3.8, 4) is 0 Å². The van der Waals surface area contributed by atoms with Crippen LogP contribution in [0, 0.1) is 0 Å². The highest BCUT2D eigenvalue weighted by atomic mass is 32.2. The molecule has 0 aliphatic carbocycles. The molecule has 1 amide bonds. The van der Waals surface area contributed by atoms with Crippen LogP contribution in [0.5, 0.6) is 0 Å². The van der Waals surface area contributed by atoms with Crippen LogP contribution in [-0.4, -0.2) is 34.1 Å². The minimum absolute atomic E-state index is 0.138. The van der Waals surface area contributed by atoms with Crippen LogP contribution in [0.25, 0.3) is 6.08 Å². The Balaban J connectivity index is 1.80. The number of rotatable bonds is 4. The van der Waals surface area contributed by atoms with Gasteiger partial charge in [-0.05, 0) is 41.6 Å². The Morgan fingerprint density at radius 2 is 1.92 bits per heavy atom. The minimum atomic E-state index is -1.01. The SMILES string of the molecule is CN1C(=O)/C(=C/C=C/c2ccccc2)SC1=Nc1cccc(C(=O)O)c1. The fourth-order valence-electron chi connectivity index (χ4n) is 2.30. The smallest absolute Gasteiger partial charge is 0.335 e. The maximum absolute atomic E-state index is 12.4. The molecule has 130 valence electrons. The van der Waals surface area contributed by atoms with E-state index in [4.69, 9.17) is 5.11 Å². The van der Waals surface area contributed by atoms with E-state index in [1.54, 1.807) is 25.3 Å². The van der Waals surface area contributed by atoms with Crippen molar-refractivity contribution in [3.63, 3.8) is 0 Å². The van der Waals surface area contributed by atoms with Crippen LogP contribution in [0.3, 0.4) is 0 Å². The lowest BCUT2D eigenvalue weighted by Gasteiger charge is -2.07. The highest BCUT2D eigenvalue weighted by molar-refractivity contribution is 8.18. The molecule has 0 saturated carbocycles. The van der Waals surface area contributed by atoms with E-state index in [1.165, 1.54) is 28.8 Å². The van der Waals surface area contributed by atoms with E-state index in [0.29, 0.717) is 15.8 Å². The van der Waals surface area contributed by atoms with Crippen molar-refractivity contribution in [1.29, 1.82) is 0 Å². The summed E-state index contributed by atoms with van der Waals surface area (Å²) in [5.74, 6) is -1.15. The number of amidine groups is 1. The van der Waals surface area contributed by atoms with Crippen molar-refractivity contribution < 1.29 is 14.7 Å². The second kappa shape index (κ2) is 7.84. The maximum atomic E-state index is 12.4. The number of thioether (sulfide) groups is 1. The van der Waals surface area contributed by atoms with Gasteiger partial charge in [-0.2, -0.15) is 0 Å². The standard InChI is InChI=1S/C20H16N2O3S/c1-22-18(23)17(12-5-9-14-7-3-2-4-8-14)26-20(22)21-16-11-6-10-15(13-16)19(24)25/h2-13H,1H3,(H,24,25)/b9-5+,17-12-,21-20?. The van der Waals surface area contributed by atoms with E-state index in [0.717, 1.165) is 5.56 Å². The highest BCUT2D eigenvalue weighted by Crippen LogP contribution is 2.31. The summed E-state index contributed by atoms with van der Waals surface area (Å²) in [6.45, 7) is 0. The van der Waals surface area contributed by atoms with E-state index in [-0.39, 0.29) is 11.5 Å². The zero-order valence-electron chi connectivity index (χ0n) is 14.0. The molecule has 0 aromatic heterocycles. The molecular weight excluding hydrogens is 348 g/mol. The number of allylic oxidation sites excluding steroid dienone is 2. The first-order valence-electron chi connectivity index (χ1n) is 7.86. The largest absolute Gasteiger partial charge is 0.478 e. The second-order valence-corrected chi connectivity index (χ2v) is 6.53. The molecule has 0 unspecified atom stereocenters. The quantitative estimate of drug-likeness (QED) is 0.827. The average Bonchev–Trinajstić information content (AvgIpc) is 2.91. The van der Waals surface area contributed by atoms with Crippen LogP contribution in [0.1, 0.15) is 15.9 Å². The number of carbonyl (C=O) groups excluding carboxylic acids is 1. The number of hydrogen-bond acceptors (Lipinski definition) is 4. The lowest BCUT2D eigenvalue weighted by molar-refractivity contribution is -0.121. The third-order valence-electron chi connectivity index (χ3n) is 3.66. The van der Waals surface area contributed by atoms with Gasteiger partial charge in [0.15, 0.2) is 5.17 Å². The molecule has 0 spiro atoms. The van der Waals surface area contributed by atoms with Gasteiger partial charge in [0.25, 0.3) is 5.91 Å². The van der Waals surface area contributed by atoms with E-state index in [2.05, 4.69) is 4.99 Å². The van der Waals surface area contributed by atoms with Gasteiger partial charge in [-0.25, -0.2) is 9.79 Å². The Hall–Kier alpha value is -3.12. The third-order valence-corrected chi connectivity index (χ3v) is 4.74. The van der Waals surface area contributed by atoms with Gasteiger partial charge < -0.3 is 5.11 Å². The summed E-state index contributed by atoms with van der Waals surface area (Å²) in [6, 6.07) is 16.1. The van der Waals surface area contributed by atoms with Crippen molar-refractivity contribution in [1.82, 2.24) is 4.90 Å². The molecule has 1 aliphatic rings. The summed E-state index contributed by atoms with van der Waals surface area (Å²) >= 11 is 1.26. The number of aliphatic imine (C=N–C) groups is 1. The van der Waals surface area contributed by atoms with Gasteiger partial charge in [0.1, 0.15) is 0 Å².